The summed E-state index contributed by atoms with van der Waals surface area (Å²) >= 11 is 0. The number of rotatable bonds is 2. The Labute approximate surface area is 163 Å². The minimum atomic E-state index is -4.53. The van der Waals surface area contributed by atoms with Crippen LogP contribution in [-0.4, -0.2) is 14.5 Å². The zero-order chi connectivity index (χ0) is 20.3. The Kier molecular flexibility index (Phi) is 3.71. The average Bonchev–Trinajstić information content (AvgIpc) is 3.25. The van der Waals surface area contributed by atoms with Crippen molar-refractivity contribution in [1.82, 2.24) is 14.5 Å². The van der Waals surface area contributed by atoms with Gasteiger partial charge in [0.05, 0.1) is 16.6 Å². The van der Waals surface area contributed by atoms with Crippen molar-refractivity contribution < 1.29 is 17.6 Å². The normalized spacial score (nSPS) is 12.6. The van der Waals surface area contributed by atoms with Crippen LogP contribution in [0.15, 0.2) is 59.0 Å². The first-order valence-corrected chi connectivity index (χ1v) is 9.21. The number of hydrogen-bond donors (Lipinski definition) is 0. The van der Waals surface area contributed by atoms with E-state index in [-0.39, 0.29) is 11.8 Å². The highest BCUT2D eigenvalue weighted by atomic mass is 19.4. The van der Waals surface area contributed by atoms with Gasteiger partial charge < -0.3 is 8.98 Å². The third-order valence-electron chi connectivity index (χ3n) is 5.01. The van der Waals surface area contributed by atoms with E-state index in [9.17, 15) is 13.2 Å². The molecule has 0 atom stereocenters. The SMILES string of the molecule is CC(C)n1c(-c2cccc3c2oc2nc(C(F)(F)F)ccc23)nc2ccccc21. The minimum absolute atomic E-state index is 0.0329. The van der Waals surface area contributed by atoms with Gasteiger partial charge in [-0.1, -0.05) is 24.3 Å². The van der Waals surface area contributed by atoms with Gasteiger partial charge in [0.25, 0.3) is 0 Å². The molecule has 0 aliphatic carbocycles. The molecule has 5 rings (SSSR count). The predicted molar refractivity (Wildman–Crippen MR) is 106 cm³/mol. The highest BCUT2D eigenvalue weighted by Gasteiger charge is 2.33. The van der Waals surface area contributed by atoms with Crippen LogP contribution in [0.1, 0.15) is 25.6 Å². The first-order valence-electron chi connectivity index (χ1n) is 9.21. The fourth-order valence-corrected chi connectivity index (χ4v) is 3.77. The van der Waals surface area contributed by atoms with Gasteiger partial charge in [-0.2, -0.15) is 13.2 Å². The number of benzene rings is 2. The number of hydrogen-bond acceptors (Lipinski definition) is 3. The lowest BCUT2D eigenvalue weighted by Gasteiger charge is -2.13. The van der Waals surface area contributed by atoms with Crippen molar-refractivity contribution in [2.75, 3.05) is 0 Å². The van der Waals surface area contributed by atoms with Crippen molar-refractivity contribution >= 4 is 33.1 Å². The molecular weight excluding hydrogens is 379 g/mol. The second-order valence-electron chi connectivity index (χ2n) is 7.22. The summed E-state index contributed by atoms with van der Waals surface area (Å²) in [5, 5.41) is 1.25. The lowest BCUT2D eigenvalue weighted by Crippen LogP contribution is -2.07. The molecule has 0 aliphatic rings. The van der Waals surface area contributed by atoms with Gasteiger partial charge in [-0.15, -0.1) is 0 Å². The van der Waals surface area contributed by atoms with Gasteiger partial charge >= 0.3 is 6.18 Å². The first kappa shape index (κ1) is 17.7. The number of fused-ring (bicyclic) bond motifs is 4. The van der Waals surface area contributed by atoms with Gasteiger partial charge in [0.1, 0.15) is 17.1 Å². The van der Waals surface area contributed by atoms with Gasteiger partial charge in [-0.3, -0.25) is 0 Å². The topological polar surface area (TPSA) is 43.9 Å². The maximum absolute atomic E-state index is 13.1. The van der Waals surface area contributed by atoms with Gasteiger partial charge in [0, 0.05) is 16.8 Å². The van der Waals surface area contributed by atoms with E-state index >= 15 is 0 Å². The molecule has 5 aromatic rings. The Balaban J connectivity index is 1.83. The summed E-state index contributed by atoms with van der Waals surface area (Å²) in [7, 11) is 0. The van der Waals surface area contributed by atoms with Crippen LogP contribution in [0.25, 0.3) is 44.5 Å². The Morgan fingerprint density at radius 2 is 1.69 bits per heavy atom. The van der Waals surface area contributed by atoms with E-state index in [0.29, 0.717) is 22.2 Å². The van der Waals surface area contributed by atoms with E-state index in [1.54, 1.807) is 0 Å². The van der Waals surface area contributed by atoms with Crippen molar-refractivity contribution in [1.29, 1.82) is 0 Å². The number of para-hydroxylation sites is 3. The number of aromatic nitrogens is 3. The average molecular weight is 395 g/mol. The maximum atomic E-state index is 13.1. The second kappa shape index (κ2) is 6.07. The molecule has 0 bridgehead atoms. The summed E-state index contributed by atoms with van der Waals surface area (Å²) in [5.74, 6) is 0.710. The summed E-state index contributed by atoms with van der Waals surface area (Å²) in [6.07, 6.45) is -4.53. The molecule has 29 heavy (non-hydrogen) atoms. The molecule has 2 aromatic carbocycles. The molecule has 0 saturated carbocycles. The largest absolute Gasteiger partial charge is 0.437 e. The smallest absolute Gasteiger partial charge is 0.433 e. The molecule has 0 aliphatic heterocycles. The van der Waals surface area contributed by atoms with Crippen molar-refractivity contribution in [3.05, 3.63) is 60.3 Å². The van der Waals surface area contributed by atoms with Crippen LogP contribution in [0.3, 0.4) is 0 Å². The summed E-state index contributed by atoms with van der Waals surface area (Å²) in [4.78, 5) is 8.48. The van der Waals surface area contributed by atoms with E-state index in [0.717, 1.165) is 22.7 Å². The molecule has 0 radical (unpaired) electrons. The van der Waals surface area contributed by atoms with Crippen LogP contribution < -0.4 is 0 Å². The molecule has 7 heteroatoms. The summed E-state index contributed by atoms with van der Waals surface area (Å²) in [6.45, 7) is 4.13. The van der Waals surface area contributed by atoms with Gasteiger partial charge in [-0.05, 0) is 44.2 Å². The highest BCUT2D eigenvalue weighted by Crippen LogP contribution is 2.38. The molecule has 0 saturated heterocycles. The van der Waals surface area contributed by atoms with Crippen molar-refractivity contribution in [2.45, 2.75) is 26.1 Å². The zero-order valence-electron chi connectivity index (χ0n) is 15.7. The second-order valence-corrected chi connectivity index (χ2v) is 7.22. The van der Waals surface area contributed by atoms with E-state index in [1.807, 2.05) is 42.5 Å². The van der Waals surface area contributed by atoms with Gasteiger partial charge in [0.2, 0.25) is 5.71 Å². The third-order valence-corrected chi connectivity index (χ3v) is 5.01. The molecule has 3 heterocycles. The number of alkyl halides is 3. The zero-order valence-corrected chi connectivity index (χ0v) is 15.7. The van der Waals surface area contributed by atoms with Crippen molar-refractivity contribution in [2.24, 2.45) is 0 Å². The number of halogens is 3. The number of nitrogens with zero attached hydrogens (tertiary/aromatic N) is 3. The van der Waals surface area contributed by atoms with Crippen LogP contribution in [0.4, 0.5) is 13.2 Å². The fourth-order valence-electron chi connectivity index (χ4n) is 3.77. The molecular formula is C22H16F3N3O. The molecule has 0 spiro atoms. The molecule has 0 unspecified atom stereocenters. The van der Waals surface area contributed by atoms with E-state index < -0.39 is 11.9 Å². The Bertz CT molecular complexity index is 1380. The summed E-state index contributed by atoms with van der Waals surface area (Å²) in [5.41, 5.74) is 2.03. The quantitative estimate of drug-likeness (QED) is 0.338. The molecule has 3 aromatic heterocycles. The van der Waals surface area contributed by atoms with Crippen molar-refractivity contribution in [3.63, 3.8) is 0 Å². The standard InChI is InChI=1S/C22H16F3N3O/c1-12(2)28-17-9-4-3-8-16(17)26-20(28)15-7-5-6-13-14-10-11-18(22(23,24)25)27-21(14)29-19(13)15/h3-12H,1-2H3. The lowest BCUT2D eigenvalue weighted by atomic mass is 10.1. The number of imidazole rings is 1. The molecule has 0 amide bonds. The number of furan rings is 1. The first-order chi connectivity index (χ1) is 13.8. The Hall–Kier alpha value is -3.35. The van der Waals surface area contributed by atoms with E-state index in [4.69, 9.17) is 9.40 Å². The number of pyridine rings is 1. The van der Waals surface area contributed by atoms with Gasteiger partial charge in [0.15, 0.2) is 0 Å². The van der Waals surface area contributed by atoms with E-state index in [2.05, 4.69) is 23.4 Å². The van der Waals surface area contributed by atoms with Gasteiger partial charge in [-0.25, -0.2) is 9.97 Å². The van der Waals surface area contributed by atoms with Crippen LogP contribution in [-0.2, 0) is 6.18 Å². The predicted octanol–water partition coefficient (Wildman–Crippen LogP) is 6.60. The third kappa shape index (κ3) is 2.68. The fraction of sp³-hybridized carbons (Fsp3) is 0.182. The Morgan fingerprint density at radius 1 is 0.897 bits per heavy atom. The van der Waals surface area contributed by atoms with E-state index in [1.165, 1.54) is 6.07 Å². The molecule has 0 N–H and O–H groups in total. The van der Waals surface area contributed by atoms with Crippen LogP contribution in [0.2, 0.25) is 0 Å². The highest BCUT2D eigenvalue weighted by molar-refractivity contribution is 6.08. The molecule has 146 valence electrons. The van der Waals surface area contributed by atoms with Crippen molar-refractivity contribution in [3.8, 4) is 11.4 Å². The van der Waals surface area contributed by atoms with Crippen LogP contribution in [0.5, 0.6) is 0 Å². The maximum Gasteiger partial charge on any atom is 0.433 e. The summed E-state index contributed by atoms with van der Waals surface area (Å²) in [6, 6.07) is 15.9. The monoisotopic (exact) mass is 395 g/mol. The Morgan fingerprint density at radius 3 is 2.45 bits per heavy atom. The van der Waals surface area contributed by atoms with Crippen LogP contribution in [0, 0.1) is 0 Å². The summed E-state index contributed by atoms with van der Waals surface area (Å²) < 4.78 is 47.1. The molecule has 4 nitrogen and oxygen atoms in total. The van der Waals surface area contributed by atoms with Crippen LogP contribution >= 0.6 is 0 Å². The molecule has 0 fully saturated rings. The minimum Gasteiger partial charge on any atom is -0.437 e. The lowest BCUT2D eigenvalue weighted by molar-refractivity contribution is -0.141.